The molecule has 0 saturated carbocycles. The molecule has 1 aromatic rings. The molecule has 0 aliphatic heterocycles. The molecule has 0 bridgehead atoms. The molecule has 0 heterocycles. The molecule has 0 aliphatic carbocycles. The maximum absolute atomic E-state index is 12.4. The summed E-state index contributed by atoms with van der Waals surface area (Å²) in [6.07, 6.45) is -4.69. The number of Topliss-reactive ketones (excluding diaryl/α,β-unsaturated/α-hetero) is 1. The Kier molecular flexibility index (Phi) is 2.95. The number of ketones is 1. The quantitative estimate of drug-likeness (QED) is 0.763. The zero-order chi connectivity index (χ0) is 11.8. The molecule has 15 heavy (non-hydrogen) atoms. The van der Waals surface area contributed by atoms with E-state index >= 15 is 0 Å². The summed E-state index contributed by atoms with van der Waals surface area (Å²) in [5.74, 6) is -1.28. The second-order valence-electron chi connectivity index (χ2n) is 2.91. The van der Waals surface area contributed by atoms with Crippen LogP contribution in [0.15, 0.2) is 12.1 Å². The van der Waals surface area contributed by atoms with Crippen LogP contribution < -0.4 is 0 Å². The van der Waals surface area contributed by atoms with Gasteiger partial charge in [0.1, 0.15) is 5.75 Å². The lowest BCUT2D eigenvalue weighted by Crippen LogP contribution is -2.08. The number of aromatic hydroxyl groups is 1. The predicted octanol–water partition coefficient (Wildman–Crippen LogP) is 3.27. The molecular weight excluding hydrogens is 233 g/mol. The monoisotopic (exact) mass is 238 g/mol. The lowest BCUT2D eigenvalue weighted by atomic mass is 10.1. The van der Waals surface area contributed by atoms with Gasteiger partial charge < -0.3 is 5.11 Å². The SMILES string of the molecule is CC(=O)c1cc(O)cc(C(F)(F)F)c1Cl. The first-order chi connectivity index (χ1) is 6.73. The van der Waals surface area contributed by atoms with E-state index < -0.39 is 28.3 Å². The van der Waals surface area contributed by atoms with Gasteiger partial charge in [0.2, 0.25) is 0 Å². The van der Waals surface area contributed by atoms with E-state index in [0.717, 1.165) is 13.0 Å². The van der Waals surface area contributed by atoms with Crippen LogP contribution in [0.4, 0.5) is 13.2 Å². The van der Waals surface area contributed by atoms with E-state index in [-0.39, 0.29) is 5.56 Å². The van der Waals surface area contributed by atoms with Crippen molar-refractivity contribution in [2.45, 2.75) is 13.1 Å². The van der Waals surface area contributed by atoms with Crippen LogP contribution in [0.2, 0.25) is 5.02 Å². The lowest BCUT2D eigenvalue weighted by molar-refractivity contribution is -0.137. The first-order valence-electron chi connectivity index (χ1n) is 3.84. The van der Waals surface area contributed by atoms with E-state index in [2.05, 4.69) is 0 Å². The van der Waals surface area contributed by atoms with Gasteiger partial charge >= 0.3 is 6.18 Å². The van der Waals surface area contributed by atoms with Gasteiger partial charge in [0.05, 0.1) is 10.6 Å². The van der Waals surface area contributed by atoms with Crippen LogP contribution in [0, 0.1) is 0 Å². The molecule has 0 unspecified atom stereocenters. The van der Waals surface area contributed by atoms with E-state index in [0.29, 0.717) is 6.07 Å². The van der Waals surface area contributed by atoms with Crippen LogP contribution in [-0.4, -0.2) is 10.9 Å². The summed E-state index contributed by atoms with van der Waals surface area (Å²) in [7, 11) is 0. The average molecular weight is 239 g/mol. The van der Waals surface area contributed by atoms with Gasteiger partial charge in [-0.05, 0) is 19.1 Å². The minimum absolute atomic E-state index is 0.344. The van der Waals surface area contributed by atoms with E-state index in [9.17, 15) is 18.0 Å². The maximum atomic E-state index is 12.4. The molecule has 0 radical (unpaired) electrons. The number of hydrogen-bond acceptors (Lipinski definition) is 2. The molecule has 0 atom stereocenters. The highest BCUT2D eigenvalue weighted by Gasteiger charge is 2.35. The van der Waals surface area contributed by atoms with Crippen molar-refractivity contribution in [2.75, 3.05) is 0 Å². The third kappa shape index (κ3) is 2.41. The van der Waals surface area contributed by atoms with Gasteiger partial charge in [-0.25, -0.2) is 0 Å². The van der Waals surface area contributed by atoms with Gasteiger partial charge in [-0.3, -0.25) is 4.79 Å². The van der Waals surface area contributed by atoms with Crippen LogP contribution >= 0.6 is 11.6 Å². The van der Waals surface area contributed by atoms with Crippen LogP contribution in [0.5, 0.6) is 5.75 Å². The first-order valence-corrected chi connectivity index (χ1v) is 4.22. The number of carbonyl (C=O) groups excluding carboxylic acids is 1. The number of hydrogen-bond donors (Lipinski definition) is 1. The van der Waals surface area contributed by atoms with Gasteiger partial charge in [0.15, 0.2) is 5.78 Å². The number of alkyl halides is 3. The summed E-state index contributed by atoms with van der Waals surface area (Å²) in [5, 5.41) is 8.33. The van der Waals surface area contributed by atoms with Crippen LogP contribution in [0.3, 0.4) is 0 Å². The summed E-state index contributed by atoms with van der Waals surface area (Å²) < 4.78 is 37.1. The standard InChI is InChI=1S/C9H6ClF3O2/c1-4(14)6-2-5(15)3-7(8(6)10)9(11,12)13/h2-3,15H,1H3. The molecule has 0 aliphatic rings. The van der Waals surface area contributed by atoms with Crippen molar-refractivity contribution in [1.29, 1.82) is 0 Å². The fourth-order valence-electron chi connectivity index (χ4n) is 1.07. The van der Waals surface area contributed by atoms with Crippen molar-refractivity contribution in [3.63, 3.8) is 0 Å². The number of halogens is 4. The topological polar surface area (TPSA) is 37.3 Å². The van der Waals surface area contributed by atoms with E-state index in [1.807, 2.05) is 0 Å². The third-order valence-corrected chi connectivity index (χ3v) is 2.15. The number of phenols is 1. The fourth-order valence-corrected chi connectivity index (χ4v) is 1.42. The predicted molar refractivity (Wildman–Crippen MR) is 48.1 cm³/mol. The summed E-state index contributed by atoms with van der Waals surface area (Å²) in [6.45, 7) is 1.07. The largest absolute Gasteiger partial charge is 0.508 e. The summed E-state index contributed by atoms with van der Waals surface area (Å²) in [4.78, 5) is 10.9. The highest BCUT2D eigenvalue weighted by molar-refractivity contribution is 6.34. The van der Waals surface area contributed by atoms with Gasteiger partial charge in [-0.2, -0.15) is 13.2 Å². The Labute approximate surface area is 88.3 Å². The summed E-state index contributed by atoms with van der Waals surface area (Å²) >= 11 is 5.41. The average Bonchev–Trinajstić information content (AvgIpc) is 2.06. The second-order valence-corrected chi connectivity index (χ2v) is 3.29. The smallest absolute Gasteiger partial charge is 0.418 e. The molecule has 0 aromatic heterocycles. The van der Waals surface area contributed by atoms with E-state index in [4.69, 9.17) is 16.7 Å². The van der Waals surface area contributed by atoms with Crippen molar-refractivity contribution in [1.82, 2.24) is 0 Å². The number of phenolic OH excluding ortho intramolecular Hbond substituents is 1. The molecule has 0 spiro atoms. The highest BCUT2D eigenvalue weighted by atomic mass is 35.5. The van der Waals surface area contributed by atoms with E-state index in [1.54, 1.807) is 0 Å². The third-order valence-electron chi connectivity index (χ3n) is 1.74. The molecule has 0 amide bonds. The van der Waals surface area contributed by atoms with Crippen molar-refractivity contribution in [3.05, 3.63) is 28.3 Å². The molecule has 1 aromatic carbocycles. The Bertz CT molecular complexity index is 413. The Morgan fingerprint density at radius 1 is 1.40 bits per heavy atom. The van der Waals surface area contributed by atoms with Crippen LogP contribution in [-0.2, 0) is 6.18 Å². The number of rotatable bonds is 1. The molecule has 2 nitrogen and oxygen atoms in total. The van der Waals surface area contributed by atoms with Gasteiger partial charge in [-0.15, -0.1) is 0 Å². The molecule has 0 saturated heterocycles. The first kappa shape index (κ1) is 11.8. The van der Waals surface area contributed by atoms with Gasteiger partial charge in [0, 0.05) is 5.56 Å². The second kappa shape index (κ2) is 3.73. The summed E-state index contributed by atoms with van der Waals surface area (Å²) in [6, 6.07) is 1.38. The molecule has 0 fully saturated rings. The highest BCUT2D eigenvalue weighted by Crippen LogP contribution is 2.38. The Balaban J connectivity index is 3.49. The minimum atomic E-state index is -4.69. The van der Waals surface area contributed by atoms with Crippen molar-refractivity contribution >= 4 is 17.4 Å². The van der Waals surface area contributed by atoms with Crippen LogP contribution in [0.1, 0.15) is 22.8 Å². The molecule has 82 valence electrons. The maximum Gasteiger partial charge on any atom is 0.418 e. The Morgan fingerprint density at radius 3 is 2.33 bits per heavy atom. The number of benzene rings is 1. The summed E-state index contributed by atoms with van der Waals surface area (Å²) in [5.41, 5.74) is -1.56. The zero-order valence-corrected chi connectivity index (χ0v) is 8.28. The van der Waals surface area contributed by atoms with E-state index in [1.165, 1.54) is 0 Å². The van der Waals surface area contributed by atoms with Crippen molar-refractivity contribution in [3.8, 4) is 5.75 Å². The normalized spacial score (nSPS) is 11.5. The Hall–Kier alpha value is -1.23. The van der Waals surface area contributed by atoms with Gasteiger partial charge in [0.25, 0.3) is 0 Å². The molecule has 1 rings (SSSR count). The van der Waals surface area contributed by atoms with Crippen molar-refractivity contribution in [2.24, 2.45) is 0 Å². The fraction of sp³-hybridized carbons (Fsp3) is 0.222. The van der Waals surface area contributed by atoms with Crippen LogP contribution in [0.25, 0.3) is 0 Å². The van der Waals surface area contributed by atoms with Gasteiger partial charge in [-0.1, -0.05) is 11.6 Å². The zero-order valence-electron chi connectivity index (χ0n) is 7.52. The lowest BCUT2D eigenvalue weighted by Gasteiger charge is -2.11. The number of carbonyl (C=O) groups is 1. The Morgan fingerprint density at radius 2 is 1.93 bits per heavy atom. The molecular formula is C9H6ClF3O2. The minimum Gasteiger partial charge on any atom is -0.508 e. The molecule has 6 heteroatoms. The van der Waals surface area contributed by atoms with Crippen molar-refractivity contribution < 1.29 is 23.1 Å². The molecule has 1 N–H and O–H groups in total.